The lowest BCUT2D eigenvalue weighted by Crippen LogP contribution is -2.54. The zero-order chi connectivity index (χ0) is 36.3. The van der Waals surface area contributed by atoms with Crippen molar-refractivity contribution in [2.45, 2.75) is 71.1 Å². The average molecular weight is 687 g/mol. The fourth-order valence-electron chi connectivity index (χ4n) is 4.82. The van der Waals surface area contributed by atoms with Crippen molar-refractivity contribution in [3.63, 3.8) is 0 Å². The predicted molar refractivity (Wildman–Crippen MR) is 182 cm³/mol. The van der Waals surface area contributed by atoms with Crippen LogP contribution in [0.2, 0.25) is 0 Å². The molecule has 0 saturated carbocycles. The van der Waals surface area contributed by atoms with Crippen LogP contribution in [-0.4, -0.2) is 104 Å². The number of carbonyl (C=O) groups excluding carboxylic acids is 7. The van der Waals surface area contributed by atoms with E-state index in [1.807, 2.05) is 0 Å². The molecule has 0 fully saturated rings. The van der Waals surface area contributed by atoms with Gasteiger partial charge in [0.05, 0.1) is 0 Å². The van der Waals surface area contributed by atoms with Crippen molar-refractivity contribution in [2.24, 2.45) is 11.7 Å². The quantitative estimate of drug-likeness (QED) is 0.0800. The van der Waals surface area contributed by atoms with Crippen LogP contribution in [0.3, 0.4) is 0 Å². The fraction of sp³-hybridized carbons (Fsp3) is 0.545. The second-order valence-electron chi connectivity index (χ2n) is 12.0. The Balaban J connectivity index is 2.02. The first-order chi connectivity index (χ1) is 23.3. The first-order valence-corrected chi connectivity index (χ1v) is 16.4. The maximum atomic E-state index is 13.5. The van der Waals surface area contributed by atoms with E-state index in [1.165, 1.54) is 17.1 Å². The minimum absolute atomic E-state index is 0.105. The highest BCUT2D eigenvalue weighted by Crippen LogP contribution is 2.18. The molecule has 1 aromatic carbocycles. The van der Waals surface area contributed by atoms with Gasteiger partial charge in [-0.15, -0.1) is 0 Å². The predicted octanol–water partition coefficient (Wildman–Crippen LogP) is 0.972. The summed E-state index contributed by atoms with van der Waals surface area (Å²) in [4.78, 5) is 89.2. The SMILES string of the molecule is CNCCN(C)C(=O)OCc1ccccc1NC(=O)[C@H](CCCNC(N)=O)NC(=O)[C@@H](NC(=O)CCCCCN1C(=O)C=CC1=O)C(C)C. The summed E-state index contributed by atoms with van der Waals surface area (Å²) in [6, 6.07) is 4.08. The number of amides is 8. The number of unbranched alkanes of at least 4 members (excludes halogenated alkanes) is 2. The molecule has 0 spiro atoms. The van der Waals surface area contributed by atoms with Gasteiger partial charge < -0.3 is 42.0 Å². The monoisotopic (exact) mass is 686 g/mol. The molecule has 0 aliphatic carbocycles. The molecular formula is C33H50N8O8. The molecule has 1 aromatic rings. The van der Waals surface area contributed by atoms with Crippen molar-refractivity contribution < 1.29 is 38.3 Å². The van der Waals surface area contributed by atoms with Gasteiger partial charge in [0.1, 0.15) is 18.7 Å². The molecule has 0 aromatic heterocycles. The van der Waals surface area contributed by atoms with Crippen LogP contribution in [0.25, 0.3) is 0 Å². The van der Waals surface area contributed by atoms with Crippen molar-refractivity contribution in [3.05, 3.63) is 42.0 Å². The fourth-order valence-corrected chi connectivity index (χ4v) is 4.82. The van der Waals surface area contributed by atoms with E-state index in [0.29, 0.717) is 50.0 Å². The second kappa shape index (κ2) is 21.1. The van der Waals surface area contributed by atoms with Crippen molar-refractivity contribution >= 4 is 47.3 Å². The Morgan fingerprint density at radius 1 is 0.918 bits per heavy atom. The molecule has 0 bridgehead atoms. The molecule has 16 heteroatoms. The Kier molecular flexibility index (Phi) is 17.3. The van der Waals surface area contributed by atoms with Gasteiger partial charge in [-0.2, -0.15) is 0 Å². The number of nitrogens with one attached hydrogen (secondary N) is 5. The zero-order valence-electron chi connectivity index (χ0n) is 28.7. The molecule has 0 saturated heterocycles. The van der Waals surface area contributed by atoms with Crippen LogP contribution in [0.1, 0.15) is 57.9 Å². The van der Waals surface area contributed by atoms with Crippen LogP contribution in [0.15, 0.2) is 36.4 Å². The summed E-state index contributed by atoms with van der Waals surface area (Å²) in [5.74, 6) is -2.47. The highest BCUT2D eigenvalue weighted by Gasteiger charge is 2.29. The number of likely N-dealkylation sites (N-methyl/N-ethyl adjacent to an activating group) is 2. The third kappa shape index (κ3) is 14.3. The molecule has 7 N–H and O–H groups in total. The Morgan fingerprint density at radius 3 is 2.27 bits per heavy atom. The van der Waals surface area contributed by atoms with Gasteiger partial charge in [0.15, 0.2) is 0 Å². The topological polar surface area (TPSA) is 221 Å². The molecule has 1 aliphatic rings. The van der Waals surface area contributed by atoms with Crippen LogP contribution in [-0.2, 0) is 35.3 Å². The largest absolute Gasteiger partial charge is 0.444 e. The van der Waals surface area contributed by atoms with Crippen LogP contribution in [0, 0.1) is 5.92 Å². The van der Waals surface area contributed by atoms with E-state index >= 15 is 0 Å². The maximum Gasteiger partial charge on any atom is 0.409 e. The first kappa shape index (κ1) is 40.2. The van der Waals surface area contributed by atoms with Gasteiger partial charge in [-0.25, -0.2) is 9.59 Å². The summed E-state index contributed by atoms with van der Waals surface area (Å²) in [5, 5.41) is 13.7. The number of rotatable bonds is 21. The number of nitrogens with zero attached hydrogens (tertiary/aromatic N) is 2. The number of benzene rings is 1. The molecule has 8 amide bonds. The summed E-state index contributed by atoms with van der Waals surface area (Å²) in [6.45, 7) is 4.90. The van der Waals surface area contributed by atoms with Gasteiger partial charge >= 0.3 is 12.1 Å². The third-order valence-corrected chi connectivity index (χ3v) is 7.69. The molecule has 2 rings (SSSR count). The van der Waals surface area contributed by atoms with Gasteiger partial charge in [-0.3, -0.25) is 28.9 Å². The van der Waals surface area contributed by atoms with Crippen LogP contribution in [0.5, 0.6) is 0 Å². The van der Waals surface area contributed by atoms with E-state index < -0.39 is 36.0 Å². The summed E-state index contributed by atoms with van der Waals surface area (Å²) in [7, 11) is 3.39. The second-order valence-corrected chi connectivity index (χ2v) is 12.0. The maximum absolute atomic E-state index is 13.5. The molecule has 0 radical (unpaired) electrons. The van der Waals surface area contributed by atoms with Crippen molar-refractivity contribution in [2.75, 3.05) is 45.6 Å². The lowest BCUT2D eigenvalue weighted by Gasteiger charge is -2.26. The number of primary amides is 1. The minimum Gasteiger partial charge on any atom is -0.444 e. The van der Waals surface area contributed by atoms with E-state index in [1.54, 1.807) is 52.2 Å². The molecule has 16 nitrogen and oxygen atoms in total. The number of nitrogens with two attached hydrogens (primary N) is 1. The number of anilines is 1. The first-order valence-electron chi connectivity index (χ1n) is 16.4. The molecule has 270 valence electrons. The Hall–Kier alpha value is -4.99. The number of carbonyl (C=O) groups is 7. The van der Waals surface area contributed by atoms with E-state index in [4.69, 9.17) is 10.5 Å². The number of hydrogen-bond acceptors (Lipinski definition) is 9. The molecular weight excluding hydrogens is 636 g/mol. The molecule has 1 aliphatic heterocycles. The number of imide groups is 1. The smallest absolute Gasteiger partial charge is 0.409 e. The molecule has 0 unspecified atom stereocenters. The van der Waals surface area contributed by atoms with Crippen molar-refractivity contribution in [3.8, 4) is 0 Å². The lowest BCUT2D eigenvalue weighted by atomic mass is 10.0. The summed E-state index contributed by atoms with van der Waals surface area (Å²) < 4.78 is 5.42. The number of para-hydroxylation sites is 1. The van der Waals surface area contributed by atoms with E-state index in [2.05, 4.69) is 26.6 Å². The summed E-state index contributed by atoms with van der Waals surface area (Å²) in [5.41, 5.74) is 6.08. The normalized spacial score (nSPS) is 13.5. The Morgan fingerprint density at radius 2 is 1.61 bits per heavy atom. The van der Waals surface area contributed by atoms with E-state index in [9.17, 15) is 33.6 Å². The summed E-state index contributed by atoms with van der Waals surface area (Å²) in [6.07, 6.45) is 4.13. The number of ether oxygens (including phenoxy) is 1. The third-order valence-electron chi connectivity index (χ3n) is 7.69. The number of urea groups is 1. The minimum atomic E-state index is -1.05. The van der Waals surface area contributed by atoms with Crippen molar-refractivity contribution in [1.29, 1.82) is 0 Å². The average Bonchev–Trinajstić information content (AvgIpc) is 3.38. The molecule has 2 atom stereocenters. The standard InChI is InChI=1S/C33H50N8O8/c1-22(2)29(39-26(42)14-6-5-9-19-41-27(43)15-16-28(41)44)31(46)38-25(13-10-17-36-32(34)47)30(45)37-24-12-8-7-11-23(24)21-49-33(48)40(4)20-18-35-3/h7-8,11-12,15-16,22,25,29,35H,5-6,9-10,13-14,17-21H2,1-4H3,(H,37,45)(H,38,46)(H,39,42)(H3,34,36,47)/t25-,29-/m0/s1. The molecule has 1 heterocycles. The zero-order valence-corrected chi connectivity index (χ0v) is 28.7. The van der Waals surface area contributed by atoms with Crippen LogP contribution < -0.4 is 32.3 Å². The van der Waals surface area contributed by atoms with E-state index in [0.717, 1.165) is 4.90 Å². The van der Waals surface area contributed by atoms with Gasteiger partial charge in [-0.05, 0) is 44.7 Å². The van der Waals surface area contributed by atoms with Crippen molar-refractivity contribution in [1.82, 2.24) is 31.1 Å². The number of hydrogen-bond donors (Lipinski definition) is 6. The van der Waals surface area contributed by atoms with Gasteiger partial charge in [0, 0.05) is 63.1 Å². The molecule has 49 heavy (non-hydrogen) atoms. The van der Waals surface area contributed by atoms with Crippen LogP contribution >= 0.6 is 0 Å². The van der Waals surface area contributed by atoms with Gasteiger partial charge in [-0.1, -0.05) is 38.5 Å². The Bertz CT molecular complexity index is 1330. The Labute approximate surface area is 286 Å². The lowest BCUT2D eigenvalue weighted by molar-refractivity contribution is -0.137. The van der Waals surface area contributed by atoms with E-state index in [-0.39, 0.29) is 56.2 Å². The van der Waals surface area contributed by atoms with Gasteiger partial charge in [0.2, 0.25) is 17.7 Å². The summed E-state index contributed by atoms with van der Waals surface area (Å²) >= 11 is 0. The highest BCUT2D eigenvalue weighted by atomic mass is 16.6. The highest BCUT2D eigenvalue weighted by molar-refractivity contribution is 6.12. The van der Waals surface area contributed by atoms with Gasteiger partial charge in [0.25, 0.3) is 11.8 Å². The van der Waals surface area contributed by atoms with Crippen LogP contribution in [0.4, 0.5) is 15.3 Å².